The highest BCUT2D eigenvalue weighted by molar-refractivity contribution is 5.96. The van der Waals surface area contributed by atoms with Gasteiger partial charge in [0.1, 0.15) is 13.3 Å². The Bertz CT molecular complexity index is 522. The summed E-state index contributed by atoms with van der Waals surface area (Å²) >= 11 is 0. The number of nitrogens with zero attached hydrogens (tertiary/aromatic N) is 1. The molecule has 2 aromatic carbocycles. The normalized spacial score (nSPS) is 13.4. The Kier molecular flexibility index (Phi) is 5.43. The fourth-order valence-electron chi connectivity index (χ4n) is 2.43. The molecule has 0 radical (unpaired) electrons. The second kappa shape index (κ2) is 7.53. The van der Waals surface area contributed by atoms with Gasteiger partial charge >= 0.3 is 0 Å². The maximum absolute atomic E-state index is 13.5. The average Bonchev–Trinajstić information content (AvgIpc) is 2.56. The lowest BCUT2D eigenvalue weighted by molar-refractivity contribution is 0.309. The van der Waals surface area contributed by atoms with E-state index in [1.54, 1.807) is 48.5 Å². The minimum absolute atomic E-state index is 0.109. The lowest BCUT2D eigenvalue weighted by Crippen LogP contribution is -2.24. The molecule has 4 heteroatoms. The molecule has 0 aliphatic heterocycles. The number of oxime groups is 1. The zero-order valence-corrected chi connectivity index (χ0v) is 11.5. The number of benzene rings is 2. The summed E-state index contributed by atoms with van der Waals surface area (Å²) < 4.78 is 27.0. The molecule has 0 aliphatic carbocycles. The lowest BCUT2D eigenvalue weighted by Gasteiger charge is -2.22. The molecule has 110 valence electrons. The molecule has 2 nitrogen and oxygen atoms in total. The maximum atomic E-state index is 13.5. The van der Waals surface area contributed by atoms with Crippen molar-refractivity contribution in [3.8, 4) is 0 Å². The van der Waals surface area contributed by atoms with E-state index in [-0.39, 0.29) is 5.71 Å². The molecule has 2 unspecified atom stereocenters. The molecular weight excluding hydrogens is 272 g/mol. The van der Waals surface area contributed by atoms with E-state index >= 15 is 0 Å². The quantitative estimate of drug-likeness (QED) is 0.479. The smallest absolute Gasteiger partial charge is 0.102 e. The van der Waals surface area contributed by atoms with Crippen molar-refractivity contribution >= 4 is 5.71 Å². The minimum atomic E-state index is -0.753. The van der Waals surface area contributed by atoms with Crippen LogP contribution in [0.25, 0.3) is 0 Å². The SMILES string of the molecule is ON=C(C(CF)c1ccccc1)C(CF)c1ccccc1. The number of rotatable bonds is 6. The standard InChI is InChI=1S/C17H17F2NO/c18-11-15(13-7-3-1-4-8-13)17(20-21)16(12-19)14-9-5-2-6-10-14/h1-10,15-16,21H,11-12H2. The molecule has 2 rings (SSSR count). The Hall–Kier alpha value is -2.23. The van der Waals surface area contributed by atoms with Gasteiger partial charge in [0, 0.05) is 0 Å². The molecule has 0 spiro atoms. The monoisotopic (exact) mass is 289 g/mol. The van der Waals surface area contributed by atoms with Gasteiger partial charge in [-0.25, -0.2) is 0 Å². The van der Waals surface area contributed by atoms with Gasteiger partial charge in [0.05, 0.1) is 17.5 Å². The van der Waals surface area contributed by atoms with Gasteiger partial charge in [-0.2, -0.15) is 0 Å². The van der Waals surface area contributed by atoms with Crippen LogP contribution in [-0.4, -0.2) is 24.3 Å². The van der Waals surface area contributed by atoms with Crippen LogP contribution in [0.1, 0.15) is 23.0 Å². The molecule has 2 aromatic rings. The largest absolute Gasteiger partial charge is 0.411 e. The molecule has 1 N–H and O–H groups in total. The molecule has 0 bridgehead atoms. The molecule has 0 aliphatic rings. The summed E-state index contributed by atoms with van der Waals surface area (Å²) in [5, 5.41) is 12.5. The van der Waals surface area contributed by atoms with Gasteiger partial charge in [-0.1, -0.05) is 65.8 Å². The second-order valence-corrected chi connectivity index (χ2v) is 4.76. The fraction of sp³-hybridized carbons (Fsp3) is 0.235. The molecular formula is C17H17F2NO. The van der Waals surface area contributed by atoms with E-state index < -0.39 is 25.2 Å². The predicted molar refractivity (Wildman–Crippen MR) is 79.5 cm³/mol. The third-order valence-corrected chi connectivity index (χ3v) is 3.54. The highest BCUT2D eigenvalue weighted by atomic mass is 19.1. The van der Waals surface area contributed by atoms with Crippen molar-refractivity contribution in [2.24, 2.45) is 5.16 Å². The van der Waals surface area contributed by atoms with E-state index in [9.17, 15) is 14.0 Å². The maximum Gasteiger partial charge on any atom is 0.102 e. The van der Waals surface area contributed by atoms with Gasteiger partial charge in [0.2, 0.25) is 0 Å². The average molecular weight is 289 g/mol. The van der Waals surface area contributed by atoms with Crippen LogP contribution < -0.4 is 0 Å². The summed E-state index contributed by atoms with van der Waals surface area (Å²) in [7, 11) is 0. The first kappa shape index (κ1) is 15.2. The Balaban J connectivity index is 2.37. The molecule has 0 aromatic heterocycles. The van der Waals surface area contributed by atoms with Crippen LogP contribution in [0.4, 0.5) is 8.78 Å². The Morgan fingerprint density at radius 2 is 1.19 bits per heavy atom. The number of halogens is 2. The third kappa shape index (κ3) is 3.45. The van der Waals surface area contributed by atoms with Gasteiger partial charge in [-0.3, -0.25) is 8.78 Å². The molecule has 0 saturated heterocycles. The summed E-state index contributed by atoms with van der Waals surface area (Å²) in [5.74, 6) is -1.51. The van der Waals surface area contributed by atoms with Crippen LogP contribution in [0.15, 0.2) is 65.8 Å². The number of hydrogen-bond donors (Lipinski definition) is 1. The first-order valence-corrected chi connectivity index (χ1v) is 6.75. The van der Waals surface area contributed by atoms with Crippen LogP contribution in [0, 0.1) is 0 Å². The topological polar surface area (TPSA) is 32.6 Å². The van der Waals surface area contributed by atoms with E-state index in [2.05, 4.69) is 5.16 Å². The van der Waals surface area contributed by atoms with Crippen LogP contribution in [0.5, 0.6) is 0 Å². The summed E-state index contributed by atoms with van der Waals surface area (Å²) in [5.41, 5.74) is 1.45. The van der Waals surface area contributed by atoms with Gasteiger partial charge in [-0.15, -0.1) is 0 Å². The van der Waals surface area contributed by atoms with Gasteiger partial charge in [0.15, 0.2) is 0 Å². The Morgan fingerprint density at radius 3 is 1.48 bits per heavy atom. The Morgan fingerprint density at radius 1 is 0.810 bits per heavy atom. The van der Waals surface area contributed by atoms with Crippen LogP contribution in [0.3, 0.4) is 0 Å². The zero-order chi connectivity index (χ0) is 15.1. The van der Waals surface area contributed by atoms with Gasteiger partial charge in [-0.05, 0) is 11.1 Å². The van der Waals surface area contributed by atoms with Crippen LogP contribution in [-0.2, 0) is 0 Å². The molecule has 0 amide bonds. The van der Waals surface area contributed by atoms with Crippen molar-refractivity contribution in [1.29, 1.82) is 0 Å². The second-order valence-electron chi connectivity index (χ2n) is 4.76. The highest BCUT2D eigenvalue weighted by Gasteiger charge is 2.28. The van der Waals surface area contributed by atoms with Crippen LogP contribution >= 0.6 is 0 Å². The first-order chi connectivity index (χ1) is 10.3. The Labute approximate surface area is 122 Å². The van der Waals surface area contributed by atoms with Gasteiger partial charge < -0.3 is 5.21 Å². The zero-order valence-electron chi connectivity index (χ0n) is 11.5. The highest BCUT2D eigenvalue weighted by Crippen LogP contribution is 2.28. The van der Waals surface area contributed by atoms with E-state index in [4.69, 9.17) is 0 Å². The molecule has 21 heavy (non-hydrogen) atoms. The molecule has 0 heterocycles. The van der Waals surface area contributed by atoms with Crippen molar-refractivity contribution in [1.82, 2.24) is 0 Å². The van der Waals surface area contributed by atoms with E-state index in [1.165, 1.54) is 0 Å². The first-order valence-electron chi connectivity index (χ1n) is 6.75. The minimum Gasteiger partial charge on any atom is -0.411 e. The van der Waals surface area contributed by atoms with Crippen molar-refractivity contribution in [2.45, 2.75) is 11.8 Å². The summed E-state index contributed by atoms with van der Waals surface area (Å²) in [6.07, 6.45) is 0. The summed E-state index contributed by atoms with van der Waals surface area (Å²) in [6.45, 7) is -1.49. The predicted octanol–water partition coefficient (Wildman–Crippen LogP) is 4.32. The molecule has 0 saturated carbocycles. The number of alkyl halides is 2. The van der Waals surface area contributed by atoms with Crippen molar-refractivity contribution < 1.29 is 14.0 Å². The van der Waals surface area contributed by atoms with Crippen molar-refractivity contribution in [3.05, 3.63) is 71.8 Å². The van der Waals surface area contributed by atoms with Gasteiger partial charge in [0.25, 0.3) is 0 Å². The lowest BCUT2D eigenvalue weighted by atomic mass is 9.84. The van der Waals surface area contributed by atoms with E-state index in [1.807, 2.05) is 12.1 Å². The summed E-state index contributed by atoms with van der Waals surface area (Å²) in [6, 6.07) is 17.7. The number of hydrogen-bond acceptors (Lipinski definition) is 2. The fourth-order valence-corrected chi connectivity index (χ4v) is 2.43. The van der Waals surface area contributed by atoms with Crippen molar-refractivity contribution in [2.75, 3.05) is 13.3 Å². The molecule has 2 atom stereocenters. The van der Waals surface area contributed by atoms with E-state index in [0.29, 0.717) is 11.1 Å². The van der Waals surface area contributed by atoms with Crippen molar-refractivity contribution in [3.63, 3.8) is 0 Å². The van der Waals surface area contributed by atoms with E-state index in [0.717, 1.165) is 0 Å². The third-order valence-electron chi connectivity index (χ3n) is 3.54. The summed E-state index contributed by atoms with van der Waals surface area (Å²) in [4.78, 5) is 0. The molecule has 0 fully saturated rings. The van der Waals surface area contributed by atoms with Crippen LogP contribution in [0.2, 0.25) is 0 Å².